The Labute approximate surface area is 107 Å². The van der Waals surface area contributed by atoms with Crippen LogP contribution in [-0.4, -0.2) is 6.66 Å². The number of rotatable bonds is 4. The minimum Gasteiger partial charge on any atom is -0.457 e. The first kappa shape index (κ1) is 12.6. The van der Waals surface area contributed by atoms with Crippen LogP contribution in [-0.2, 0) is 6.16 Å². The molecule has 0 N–H and O–H groups in total. The van der Waals surface area contributed by atoms with Crippen molar-refractivity contribution in [3.63, 3.8) is 0 Å². The number of benzene rings is 2. The van der Waals surface area contributed by atoms with Gasteiger partial charge in [-0.15, -0.1) is 9.24 Å². The van der Waals surface area contributed by atoms with E-state index in [0.29, 0.717) is 0 Å². The molecule has 0 radical (unpaired) electrons. The molecule has 0 bridgehead atoms. The van der Waals surface area contributed by atoms with Gasteiger partial charge in [0.1, 0.15) is 11.5 Å². The van der Waals surface area contributed by atoms with Gasteiger partial charge in [-0.05, 0) is 48.0 Å². The zero-order valence-electron chi connectivity index (χ0n) is 9.81. The summed E-state index contributed by atoms with van der Waals surface area (Å²) in [5.74, 6) is 1.78. The quantitative estimate of drug-likeness (QED) is 0.762. The number of hydrogen-bond donors (Lipinski definition) is 0. The average molecular weight is 262 g/mol. The van der Waals surface area contributed by atoms with Crippen LogP contribution in [0.1, 0.15) is 5.56 Å². The molecule has 3 heteroatoms. The van der Waals surface area contributed by atoms with Crippen LogP contribution in [0, 0.1) is 0 Å². The van der Waals surface area contributed by atoms with Crippen molar-refractivity contribution in [1.82, 2.24) is 0 Å². The maximum absolute atomic E-state index is 5.77. The summed E-state index contributed by atoms with van der Waals surface area (Å²) in [4.78, 5) is 0. The van der Waals surface area contributed by atoms with Gasteiger partial charge in [0.25, 0.3) is 0 Å². The van der Waals surface area contributed by atoms with E-state index in [-0.39, 0.29) is 0 Å². The molecule has 0 aliphatic heterocycles. The van der Waals surface area contributed by atoms with Gasteiger partial charge in [-0.25, -0.2) is 0 Å². The molecule has 0 spiro atoms. The predicted octanol–water partition coefficient (Wildman–Crippen LogP) is 3.79. The van der Waals surface area contributed by atoms with Crippen molar-refractivity contribution in [2.24, 2.45) is 0 Å². The Morgan fingerprint density at radius 1 is 0.941 bits per heavy atom. The summed E-state index contributed by atoms with van der Waals surface area (Å²) in [5, 5.41) is 1.36. The molecule has 0 saturated carbocycles. The van der Waals surface area contributed by atoms with Crippen molar-refractivity contribution >= 4 is 23.1 Å². The van der Waals surface area contributed by atoms with Crippen molar-refractivity contribution in [2.45, 2.75) is 6.16 Å². The summed E-state index contributed by atoms with van der Waals surface area (Å²) < 4.78 is 5.77. The van der Waals surface area contributed by atoms with E-state index in [1.54, 1.807) is 0 Å². The third kappa shape index (κ3) is 3.53. The third-order valence-corrected chi connectivity index (χ3v) is 3.92. The van der Waals surface area contributed by atoms with Crippen LogP contribution in [0.5, 0.6) is 11.5 Å². The van der Waals surface area contributed by atoms with E-state index < -0.39 is 0 Å². The molecule has 2 unspecified atom stereocenters. The summed E-state index contributed by atoms with van der Waals surface area (Å²) in [6, 6.07) is 16.5. The highest BCUT2D eigenvalue weighted by atomic mass is 31.1. The van der Waals surface area contributed by atoms with Crippen LogP contribution in [0.2, 0.25) is 0 Å². The Kier molecular flexibility index (Phi) is 4.54. The van der Waals surface area contributed by atoms with E-state index in [0.717, 1.165) is 26.2 Å². The van der Waals surface area contributed by atoms with Gasteiger partial charge < -0.3 is 4.74 Å². The standard InChI is InChI=1S/C14H16OP2/c1-17-14-8-6-13(7-9-14)15-12-4-2-11(10-16)3-5-12/h2-9,17H,10,16H2,1H3. The lowest BCUT2D eigenvalue weighted by Crippen LogP contribution is -1.92. The fourth-order valence-electron chi connectivity index (χ4n) is 1.52. The van der Waals surface area contributed by atoms with E-state index in [9.17, 15) is 0 Å². The smallest absolute Gasteiger partial charge is 0.127 e. The molecule has 2 aromatic carbocycles. The van der Waals surface area contributed by atoms with E-state index in [4.69, 9.17) is 4.74 Å². The Morgan fingerprint density at radius 2 is 1.47 bits per heavy atom. The molecule has 0 amide bonds. The summed E-state index contributed by atoms with van der Waals surface area (Å²) in [7, 11) is 3.55. The normalized spacial score (nSPS) is 10.9. The van der Waals surface area contributed by atoms with Gasteiger partial charge in [0.15, 0.2) is 0 Å². The maximum atomic E-state index is 5.77. The molecule has 2 rings (SSSR count). The molecule has 1 nitrogen and oxygen atoms in total. The molecule has 0 heterocycles. The summed E-state index contributed by atoms with van der Waals surface area (Å²) in [6.07, 6.45) is 0.979. The van der Waals surface area contributed by atoms with Crippen molar-refractivity contribution in [1.29, 1.82) is 0 Å². The van der Waals surface area contributed by atoms with E-state index in [2.05, 4.69) is 40.2 Å². The Morgan fingerprint density at radius 3 is 1.94 bits per heavy atom. The minimum atomic E-state index is 0.835. The van der Waals surface area contributed by atoms with Crippen molar-refractivity contribution in [3.8, 4) is 11.5 Å². The minimum absolute atomic E-state index is 0.835. The summed E-state index contributed by atoms with van der Waals surface area (Å²) in [6.45, 7) is 2.18. The maximum Gasteiger partial charge on any atom is 0.127 e. The number of ether oxygens (including phenoxy) is 1. The van der Waals surface area contributed by atoms with Crippen molar-refractivity contribution in [2.75, 3.05) is 6.66 Å². The van der Waals surface area contributed by atoms with Crippen molar-refractivity contribution < 1.29 is 4.74 Å². The lowest BCUT2D eigenvalue weighted by Gasteiger charge is -2.06. The zero-order chi connectivity index (χ0) is 12.1. The molecule has 0 fully saturated rings. The summed E-state index contributed by atoms with van der Waals surface area (Å²) in [5.41, 5.74) is 1.30. The first-order valence-corrected chi connectivity index (χ1v) is 7.88. The highest BCUT2D eigenvalue weighted by Crippen LogP contribution is 2.22. The lowest BCUT2D eigenvalue weighted by atomic mass is 10.2. The Balaban J connectivity index is 2.08. The van der Waals surface area contributed by atoms with Gasteiger partial charge in [0, 0.05) is 0 Å². The zero-order valence-corrected chi connectivity index (χ0v) is 12.0. The fourth-order valence-corrected chi connectivity index (χ4v) is 2.29. The summed E-state index contributed by atoms with van der Waals surface area (Å²) >= 11 is 0. The molecule has 0 aromatic heterocycles. The molecule has 17 heavy (non-hydrogen) atoms. The molecular formula is C14H16OP2. The van der Waals surface area contributed by atoms with Crippen LogP contribution in [0.4, 0.5) is 0 Å². The first-order chi connectivity index (χ1) is 8.31. The Bertz CT molecular complexity index is 417. The van der Waals surface area contributed by atoms with Crippen LogP contribution in [0.25, 0.3) is 0 Å². The van der Waals surface area contributed by atoms with Gasteiger partial charge >= 0.3 is 0 Å². The molecule has 88 valence electrons. The molecule has 0 aliphatic carbocycles. The van der Waals surface area contributed by atoms with E-state index >= 15 is 0 Å². The SMILES string of the molecule is CPc1ccc(Oc2ccc(CP)cc2)cc1. The van der Waals surface area contributed by atoms with Gasteiger partial charge in [-0.2, -0.15) is 0 Å². The molecule has 0 saturated heterocycles. The van der Waals surface area contributed by atoms with Crippen LogP contribution < -0.4 is 10.0 Å². The second kappa shape index (κ2) is 6.15. The van der Waals surface area contributed by atoms with Gasteiger partial charge in [0.05, 0.1) is 0 Å². The highest BCUT2D eigenvalue weighted by Gasteiger charge is 1.97. The Hall–Kier alpha value is -0.900. The second-order valence-electron chi connectivity index (χ2n) is 3.72. The topological polar surface area (TPSA) is 9.23 Å². The van der Waals surface area contributed by atoms with Gasteiger partial charge in [0.2, 0.25) is 0 Å². The van der Waals surface area contributed by atoms with Crippen LogP contribution in [0.3, 0.4) is 0 Å². The molecular weight excluding hydrogens is 246 g/mol. The van der Waals surface area contributed by atoms with Gasteiger partial charge in [-0.1, -0.05) is 32.8 Å². The largest absolute Gasteiger partial charge is 0.457 e. The molecule has 2 aromatic rings. The first-order valence-electron chi connectivity index (χ1n) is 5.56. The van der Waals surface area contributed by atoms with Gasteiger partial charge in [-0.3, -0.25) is 0 Å². The van der Waals surface area contributed by atoms with E-state index in [1.165, 1.54) is 10.9 Å². The monoisotopic (exact) mass is 262 g/mol. The van der Waals surface area contributed by atoms with E-state index in [1.807, 2.05) is 24.3 Å². The third-order valence-electron chi connectivity index (χ3n) is 2.54. The predicted molar refractivity (Wildman–Crippen MR) is 80.2 cm³/mol. The second-order valence-corrected chi connectivity index (χ2v) is 5.21. The molecule has 0 aliphatic rings. The lowest BCUT2D eigenvalue weighted by molar-refractivity contribution is 0.482. The number of hydrogen-bond acceptors (Lipinski definition) is 1. The molecule has 2 atom stereocenters. The van der Waals surface area contributed by atoms with Crippen molar-refractivity contribution in [3.05, 3.63) is 54.1 Å². The average Bonchev–Trinajstić information content (AvgIpc) is 2.40. The van der Waals surface area contributed by atoms with Crippen LogP contribution in [0.15, 0.2) is 48.5 Å². The fraction of sp³-hybridized carbons (Fsp3) is 0.143. The highest BCUT2D eigenvalue weighted by molar-refractivity contribution is 7.46. The van der Waals surface area contributed by atoms with Crippen LogP contribution >= 0.6 is 17.8 Å².